The number of nitrogens with zero attached hydrogens (tertiary/aromatic N) is 2. The summed E-state index contributed by atoms with van der Waals surface area (Å²) in [6, 6.07) is 5.63. The lowest BCUT2D eigenvalue weighted by Gasteiger charge is -2.14. The molecule has 90 valence electrons. The highest BCUT2D eigenvalue weighted by Crippen LogP contribution is 2.30. The summed E-state index contributed by atoms with van der Waals surface area (Å²) in [6.45, 7) is 0. The Labute approximate surface area is 114 Å². The molecule has 2 N–H and O–H groups in total. The van der Waals surface area contributed by atoms with Crippen LogP contribution in [0.1, 0.15) is 17.4 Å². The van der Waals surface area contributed by atoms with Gasteiger partial charge in [-0.3, -0.25) is 0 Å². The van der Waals surface area contributed by atoms with Crippen LogP contribution in [0.5, 0.6) is 0 Å². The van der Waals surface area contributed by atoms with Gasteiger partial charge in [0.25, 0.3) is 0 Å². The Bertz CT molecular complexity index is 524. The average molecular weight is 315 g/mol. The van der Waals surface area contributed by atoms with Gasteiger partial charge in [-0.1, -0.05) is 23.7 Å². The quantitative estimate of drug-likeness (QED) is 0.946. The van der Waals surface area contributed by atoms with E-state index in [0.29, 0.717) is 11.4 Å². The molecule has 0 amide bonds. The molecule has 1 aromatic carbocycles. The third-order valence-corrected chi connectivity index (χ3v) is 4.02. The molecule has 5 heteroatoms. The van der Waals surface area contributed by atoms with Gasteiger partial charge < -0.3 is 10.3 Å². The van der Waals surface area contributed by atoms with Crippen molar-refractivity contribution in [1.82, 2.24) is 9.55 Å². The first-order valence-corrected chi connectivity index (χ1v) is 6.42. The Morgan fingerprint density at radius 3 is 2.94 bits per heavy atom. The molecule has 1 aromatic heterocycles. The van der Waals surface area contributed by atoms with Crippen LogP contribution >= 0.6 is 27.5 Å². The van der Waals surface area contributed by atoms with Crippen molar-refractivity contribution in [2.24, 2.45) is 12.8 Å². The van der Waals surface area contributed by atoms with Gasteiger partial charge >= 0.3 is 0 Å². The summed E-state index contributed by atoms with van der Waals surface area (Å²) in [7, 11) is 1.96. The monoisotopic (exact) mass is 313 g/mol. The standard InChI is InChI=1S/C12H13BrClN3/c1-17-6-5-16-11(17)7-10(15)8-3-2-4-9(13)12(8)14/h2-6,10H,7,15H2,1H3. The van der Waals surface area contributed by atoms with E-state index in [1.165, 1.54) is 0 Å². The summed E-state index contributed by atoms with van der Waals surface area (Å²) in [4.78, 5) is 4.26. The molecule has 0 saturated carbocycles. The van der Waals surface area contributed by atoms with Crippen LogP contribution in [0.15, 0.2) is 35.1 Å². The fourth-order valence-electron chi connectivity index (χ4n) is 1.71. The predicted octanol–water partition coefficient (Wildman–Crippen LogP) is 3.08. The number of hydrogen-bond donors (Lipinski definition) is 1. The first kappa shape index (κ1) is 12.6. The Balaban J connectivity index is 2.23. The number of hydrogen-bond acceptors (Lipinski definition) is 2. The molecule has 2 rings (SSSR count). The van der Waals surface area contributed by atoms with E-state index in [1.54, 1.807) is 6.20 Å². The van der Waals surface area contributed by atoms with E-state index in [9.17, 15) is 0 Å². The molecule has 1 heterocycles. The maximum atomic E-state index is 6.21. The minimum atomic E-state index is -0.152. The lowest BCUT2D eigenvalue weighted by molar-refractivity contribution is 0.659. The summed E-state index contributed by atoms with van der Waals surface area (Å²) in [5, 5.41) is 0.675. The van der Waals surface area contributed by atoms with Crippen LogP contribution in [-0.2, 0) is 13.5 Å². The molecule has 0 spiro atoms. The normalized spacial score (nSPS) is 12.7. The second-order valence-corrected chi connectivity index (χ2v) is 5.14. The second-order valence-electron chi connectivity index (χ2n) is 3.91. The van der Waals surface area contributed by atoms with Crippen LogP contribution in [0, 0.1) is 0 Å². The van der Waals surface area contributed by atoms with Crippen LogP contribution in [0.2, 0.25) is 5.02 Å². The zero-order chi connectivity index (χ0) is 12.4. The smallest absolute Gasteiger partial charge is 0.110 e. The molecule has 0 bridgehead atoms. The molecule has 0 fully saturated rings. The maximum Gasteiger partial charge on any atom is 0.110 e. The fraction of sp³-hybridized carbons (Fsp3) is 0.250. The van der Waals surface area contributed by atoms with E-state index in [-0.39, 0.29) is 6.04 Å². The maximum absolute atomic E-state index is 6.21. The van der Waals surface area contributed by atoms with Crippen LogP contribution < -0.4 is 5.73 Å². The van der Waals surface area contributed by atoms with Crippen molar-refractivity contribution in [1.29, 1.82) is 0 Å². The molecule has 1 atom stereocenters. The van der Waals surface area contributed by atoms with Gasteiger partial charge in [-0.15, -0.1) is 0 Å². The molecule has 0 radical (unpaired) electrons. The van der Waals surface area contributed by atoms with Gasteiger partial charge in [0, 0.05) is 36.4 Å². The molecule has 0 aliphatic carbocycles. The predicted molar refractivity (Wildman–Crippen MR) is 73.0 cm³/mol. The highest BCUT2D eigenvalue weighted by atomic mass is 79.9. The molecule has 17 heavy (non-hydrogen) atoms. The Morgan fingerprint density at radius 2 is 2.29 bits per heavy atom. The van der Waals surface area contributed by atoms with Gasteiger partial charge in [0.2, 0.25) is 0 Å². The van der Waals surface area contributed by atoms with E-state index >= 15 is 0 Å². The Kier molecular flexibility index (Phi) is 3.86. The van der Waals surface area contributed by atoms with Crippen molar-refractivity contribution in [3.8, 4) is 0 Å². The molecule has 3 nitrogen and oxygen atoms in total. The molecule has 1 unspecified atom stereocenters. The first-order valence-electron chi connectivity index (χ1n) is 5.25. The molecular weight excluding hydrogens is 302 g/mol. The van der Waals surface area contributed by atoms with Crippen molar-refractivity contribution in [3.63, 3.8) is 0 Å². The molecule has 0 aliphatic heterocycles. The topological polar surface area (TPSA) is 43.8 Å². The first-order chi connectivity index (χ1) is 8.09. The van der Waals surface area contributed by atoms with E-state index in [1.807, 2.05) is 36.0 Å². The van der Waals surface area contributed by atoms with Crippen LogP contribution in [0.25, 0.3) is 0 Å². The summed E-state index contributed by atoms with van der Waals surface area (Å²) >= 11 is 9.61. The number of aryl methyl sites for hydroxylation is 1. The minimum absolute atomic E-state index is 0.152. The van der Waals surface area contributed by atoms with E-state index in [0.717, 1.165) is 15.9 Å². The minimum Gasteiger partial charge on any atom is -0.338 e. The van der Waals surface area contributed by atoms with Crippen LogP contribution in [0.4, 0.5) is 0 Å². The van der Waals surface area contributed by atoms with Crippen LogP contribution in [0.3, 0.4) is 0 Å². The number of nitrogens with two attached hydrogens (primary N) is 1. The molecule has 2 aromatic rings. The number of rotatable bonds is 3. The number of benzene rings is 1. The third-order valence-electron chi connectivity index (χ3n) is 2.70. The average Bonchev–Trinajstić information content (AvgIpc) is 2.68. The zero-order valence-electron chi connectivity index (χ0n) is 9.40. The third kappa shape index (κ3) is 2.70. The number of aromatic nitrogens is 2. The lowest BCUT2D eigenvalue weighted by Crippen LogP contribution is -2.16. The lowest BCUT2D eigenvalue weighted by atomic mass is 10.0. The summed E-state index contributed by atoms with van der Waals surface area (Å²) in [5.74, 6) is 0.952. The molecular formula is C12H13BrClN3. The van der Waals surface area contributed by atoms with Crippen molar-refractivity contribution in [2.45, 2.75) is 12.5 Å². The summed E-state index contributed by atoms with van der Waals surface area (Å²) in [6.07, 6.45) is 4.34. The van der Waals surface area contributed by atoms with E-state index in [4.69, 9.17) is 17.3 Å². The molecule has 0 saturated heterocycles. The zero-order valence-corrected chi connectivity index (χ0v) is 11.7. The van der Waals surface area contributed by atoms with E-state index < -0.39 is 0 Å². The SMILES string of the molecule is Cn1ccnc1CC(N)c1cccc(Br)c1Cl. The largest absolute Gasteiger partial charge is 0.338 e. The fourth-order valence-corrected chi connectivity index (χ4v) is 2.35. The highest BCUT2D eigenvalue weighted by Gasteiger charge is 2.14. The summed E-state index contributed by atoms with van der Waals surface area (Å²) in [5.41, 5.74) is 7.10. The van der Waals surface area contributed by atoms with Gasteiger partial charge in [-0.2, -0.15) is 0 Å². The van der Waals surface area contributed by atoms with Gasteiger partial charge in [-0.05, 0) is 27.6 Å². The van der Waals surface area contributed by atoms with Crippen molar-refractivity contribution < 1.29 is 0 Å². The number of halogens is 2. The van der Waals surface area contributed by atoms with Crippen molar-refractivity contribution >= 4 is 27.5 Å². The van der Waals surface area contributed by atoms with Gasteiger partial charge in [0.1, 0.15) is 5.82 Å². The Morgan fingerprint density at radius 1 is 1.53 bits per heavy atom. The summed E-state index contributed by atoms with van der Waals surface area (Å²) < 4.78 is 2.83. The van der Waals surface area contributed by atoms with Gasteiger partial charge in [0.05, 0.1) is 5.02 Å². The van der Waals surface area contributed by atoms with Crippen LogP contribution in [-0.4, -0.2) is 9.55 Å². The van der Waals surface area contributed by atoms with E-state index in [2.05, 4.69) is 20.9 Å². The second kappa shape index (κ2) is 5.21. The number of imidazole rings is 1. The van der Waals surface area contributed by atoms with Gasteiger partial charge in [-0.25, -0.2) is 4.98 Å². The van der Waals surface area contributed by atoms with Crippen molar-refractivity contribution in [2.75, 3.05) is 0 Å². The Hall–Kier alpha value is -0.840. The highest BCUT2D eigenvalue weighted by molar-refractivity contribution is 9.10. The van der Waals surface area contributed by atoms with Gasteiger partial charge in [0.15, 0.2) is 0 Å². The van der Waals surface area contributed by atoms with Crippen molar-refractivity contribution in [3.05, 3.63) is 51.5 Å². The molecule has 0 aliphatic rings.